The van der Waals surface area contributed by atoms with Crippen molar-refractivity contribution < 1.29 is 13.9 Å². The molecule has 5 aromatic rings. The molecule has 0 aliphatic carbocycles. The summed E-state index contributed by atoms with van der Waals surface area (Å²) in [6.07, 6.45) is 5.01. The number of oxazole rings is 1. The number of aromatic amines is 1. The number of fused-ring (bicyclic) bond motifs is 2. The average Bonchev–Trinajstić information content (AvgIpc) is 3.45. The number of H-pyrrole nitrogens is 1. The van der Waals surface area contributed by atoms with E-state index in [1.165, 1.54) is 6.39 Å². The largest absolute Gasteiger partial charge is 0.494 e. The van der Waals surface area contributed by atoms with E-state index in [1.54, 1.807) is 36.2 Å². The second kappa shape index (κ2) is 6.48. The van der Waals surface area contributed by atoms with Crippen molar-refractivity contribution in [1.82, 2.24) is 24.7 Å². The fourth-order valence-electron chi connectivity index (χ4n) is 3.27. The number of carbonyl (C=O) groups is 1. The van der Waals surface area contributed by atoms with Crippen molar-refractivity contribution in [2.24, 2.45) is 7.05 Å². The number of imidazole rings is 1. The Hall–Kier alpha value is -4.14. The number of hydrogen-bond donors (Lipinski definition) is 2. The fourth-order valence-corrected chi connectivity index (χ4v) is 3.27. The van der Waals surface area contributed by atoms with Gasteiger partial charge in [-0.3, -0.25) is 14.8 Å². The van der Waals surface area contributed by atoms with Crippen molar-refractivity contribution in [2.45, 2.75) is 0 Å². The minimum Gasteiger partial charge on any atom is -0.494 e. The quantitative estimate of drug-likeness (QED) is 0.488. The zero-order chi connectivity index (χ0) is 20.0. The van der Waals surface area contributed by atoms with Crippen molar-refractivity contribution in [3.8, 4) is 16.9 Å². The van der Waals surface area contributed by atoms with E-state index in [0.29, 0.717) is 39.4 Å². The van der Waals surface area contributed by atoms with Gasteiger partial charge in [0.15, 0.2) is 12.0 Å². The molecule has 0 fully saturated rings. The Kier molecular flexibility index (Phi) is 3.80. The maximum Gasteiger partial charge on any atom is 0.258 e. The third-order valence-corrected chi connectivity index (χ3v) is 4.67. The van der Waals surface area contributed by atoms with E-state index in [2.05, 4.69) is 25.4 Å². The molecule has 0 saturated carbocycles. The molecule has 9 heteroatoms. The fraction of sp³-hybridized carbons (Fsp3) is 0.100. The molecule has 0 aliphatic heterocycles. The summed E-state index contributed by atoms with van der Waals surface area (Å²) in [5.41, 5.74) is 4.86. The van der Waals surface area contributed by atoms with Gasteiger partial charge in [0.2, 0.25) is 5.95 Å². The molecule has 29 heavy (non-hydrogen) atoms. The van der Waals surface area contributed by atoms with Gasteiger partial charge < -0.3 is 14.1 Å². The average molecular weight is 388 g/mol. The van der Waals surface area contributed by atoms with E-state index in [1.807, 2.05) is 25.4 Å². The zero-order valence-corrected chi connectivity index (χ0v) is 15.6. The molecule has 1 amide bonds. The van der Waals surface area contributed by atoms with Crippen LogP contribution in [0.3, 0.4) is 0 Å². The van der Waals surface area contributed by atoms with Crippen LogP contribution in [-0.2, 0) is 7.05 Å². The van der Waals surface area contributed by atoms with Gasteiger partial charge in [0.05, 0.1) is 13.3 Å². The summed E-state index contributed by atoms with van der Waals surface area (Å²) in [6.45, 7) is 0. The van der Waals surface area contributed by atoms with E-state index < -0.39 is 0 Å². The molecule has 144 valence electrons. The van der Waals surface area contributed by atoms with Gasteiger partial charge in [-0.05, 0) is 30.3 Å². The summed E-state index contributed by atoms with van der Waals surface area (Å²) in [7, 11) is 3.44. The van der Waals surface area contributed by atoms with Crippen molar-refractivity contribution in [3.05, 3.63) is 54.7 Å². The predicted octanol–water partition coefficient (Wildman–Crippen LogP) is 3.37. The molecule has 3 heterocycles. The smallest absolute Gasteiger partial charge is 0.258 e. The summed E-state index contributed by atoms with van der Waals surface area (Å²) < 4.78 is 12.4. The number of nitrogens with one attached hydrogen (secondary N) is 2. The minimum atomic E-state index is -0.309. The Morgan fingerprint density at radius 3 is 2.97 bits per heavy atom. The molecular formula is C20H16N6O3. The Labute approximate surface area is 164 Å². The lowest BCUT2D eigenvalue weighted by atomic mass is 10.1. The third kappa shape index (κ3) is 2.89. The molecule has 0 unspecified atom stereocenters. The first-order chi connectivity index (χ1) is 14.1. The maximum absolute atomic E-state index is 12.7. The van der Waals surface area contributed by atoms with Gasteiger partial charge in [-0.2, -0.15) is 5.10 Å². The summed E-state index contributed by atoms with van der Waals surface area (Å²) in [4.78, 5) is 24.5. The number of anilines is 1. The number of ether oxygens (including phenoxy) is 1. The van der Waals surface area contributed by atoms with Crippen molar-refractivity contribution in [2.75, 3.05) is 12.4 Å². The second-order valence-electron chi connectivity index (χ2n) is 6.52. The van der Waals surface area contributed by atoms with Gasteiger partial charge in [-0.15, -0.1) is 0 Å². The van der Waals surface area contributed by atoms with Gasteiger partial charge in [0.1, 0.15) is 22.3 Å². The molecule has 0 bridgehead atoms. The highest BCUT2D eigenvalue weighted by Gasteiger charge is 2.17. The van der Waals surface area contributed by atoms with Crippen LogP contribution in [0.2, 0.25) is 0 Å². The Bertz CT molecular complexity index is 1360. The standard InChI is InChI=1S/C20H16N6O3/c1-26-9-12(8-22-26)13-4-6-16(28-2)18-17(13)23-20(24-18)25-19(27)11-3-5-15-14(7-11)21-10-29-15/h3-10H,1-2H3,(H2,23,24,25,27). The van der Waals surface area contributed by atoms with E-state index >= 15 is 0 Å². The minimum absolute atomic E-state index is 0.309. The highest BCUT2D eigenvalue weighted by Crippen LogP contribution is 2.33. The van der Waals surface area contributed by atoms with Crippen LogP contribution in [0.5, 0.6) is 5.75 Å². The Morgan fingerprint density at radius 2 is 2.17 bits per heavy atom. The Balaban J connectivity index is 1.54. The molecule has 9 nitrogen and oxygen atoms in total. The van der Waals surface area contributed by atoms with Crippen LogP contribution in [0, 0.1) is 0 Å². The number of benzene rings is 2. The van der Waals surface area contributed by atoms with Crippen LogP contribution in [0.25, 0.3) is 33.3 Å². The molecule has 0 aliphatic rings. The van der Waals surface area contributed by atoms with E-state index in [4.69, 9.17) is 9.15 Å². The monoisotopic (exact) mass is 388 g/mol. The maximum atomic E-state index is 12.7. The van der Waals surface area contributed by atoms with Gasteiger partial charge in [-0.1, -0.05) is 0 Å². The van der Waals surface area contributed by atoms with Crippen LogP contribution in [-0.4, -0.2) is 37.7 Å². The first-order valence-corrected chi connectivity index (χ1v) is 8.83. The number of aromatic nitrogens is 5. The van der Waals surface area contributed by atoms with Crippen LogP contribution in [0.15, 0.2) is 53.5 Å². The molecule has 0 atom stereocenters. The van der Waals surface area contributed by atoms with Gasteiger partial charge in [0.25, 0.3) is 5.91 Å². The molecule has 5 rings (SSSR count). The number of methoxy groups -OCH3 is 1. The summed E-state index contributed by atoms with van der Waals surface area (Å²) in [6, 6.07) is 8.82. The van der Waals surface area contributed by atoms with Crippen LogP contribution in [0.4, 0.5) is 5.95 Å². The van der Waals surface area contributed by atoms with E-state index in [9.17, 15) is 4.79 Å². The van der Waals surface area contributed by atoms with E-state index in [0.717, 1.165) is 11.1 Å². The van der Waals surface area contributed by atoms with Crippen molar-refractivity contribution in [1.29, 1.82) is 0 Å². The predicted molar refractivity (Wildman–Crippen MR) is 107 cm³/mol. The number of nitrogens with zero attached hydrogens (tertiary/aromatic N) is 4. The summed E-state index contributed by atoms with van der Waals surface area (Å²) >= 11 is 0. The molecule has 2 N–H and O–H groups in total. The van der Waals surface area contributed by atoms with E-state index in [-0.39, 0.29) is 5.91 Å². The van der Waals surface area contributed by atoms with Gasteiger partial charge >= 0.3 is 0 Å². The van der Waals surface area contributed by atoms with Gasteiger partial charge in [-0.25, -0.2) is 9.97 Å². The molecular weight excluding hydrogens is 372 g/mol. The number of aryl methyl sites for hydroxylation is 1. The lowest BCUT2D eigenvalue weighted by Gasteiger charge is -2.04. The van der Waals surface area contributed by atoms with Crippen LogP contribution >= 0.6 is 0 Å². The third-order valence-electron chi connectivity index (χ3n) is 4.67. The van der Waals surface area contributed by atoms with Crippen LogP contribution in [0.1, 0.15) is 10.4 Å². The first kappa shape index (κ1) is 17.0. The lowest BCUT2D eigenvalue weighted by molar-refractivity contribution is 0.102. The number of hydrogen-bond acceptors (Lipinski definition) is 6. The zero-order valence-electron chi connectivity index (χ0n) is 15.6. The molecule has 0 saturated heterocycles. The molecule has 0 radical (unpaired) electrons. The molecule has 2 aromatic carbocycles. The summed E-state index contributed by atoms with van der Waals surface area (Å²) in [5, 5.41) is 7.02. The first-order valence-electron chi connectivity index (χ1n) is 8.83. The van der Waals surface area contributed by atoms with Crippen molar-refractivity contribution >= 4 is 34.0 Å². The molecule has 3 aromatic heterocycles. The number of carbonyl (C=O) groups excluding carboxylic acids is 1. The second-order valence-corrected chi connectivity index (χ2v) is 6.52. The highest BCUT2D eigenvalue weighted by molar-refractivity contribution is 6.06. The lowest BCUT2D eigenvalue weighted by Crippen LogP contribution is -2.12. The highest BCUT2D eigenvalue weighted by atomic mass is 16.5. The number of rotatable bonds is 4. The number of amides is 1. The van der Waals surface area contributed by atoms with Crippen molar-refractivity contribution in [3.63, 3.8) is 0 Å². The summed E-state index contributed by atoms with van der Waals surface area (Å²) in [5.74, 6) is 0.639. The topological polar surface area (TPSA) is 111 Å². The Morgan fingerprint density at radius 1 is 1.28 bits per heavy atom. The SMILES string of the molecule is COc1ccc(-c2cnn(C)c2)c2nc(NC(=O)c3ccc4ocnc4c3)[nH]c12. The molecule has 0 spiro atoms. The normalized spacial score (nSPS) is 11.2. The van der Waals surface area contributed by atoms with Gasteiger partial charge in [0, 0.05) is 29.9 Å². The van der Waals surface area contributed by atoms with Crippen LogP contribution < -0.4 is 10.1 Å².